The van der Waals surface area contributed by atoms with Crippen LogP contribution in [0.2, 0.25) is 0 Å². The van der Waals surface area contributed by atoms with Gasteiger partial charge in [-0.05, 0) is 23.8 Å². The van der Waals surface area contributed by atoms with Crippen molar-refractivity contribution in [2.45, 2.75) is 6.42 Å². The largest absolute Gasteiger partial charge is 0.496 e. The fourth-order valence-electron chi connectivity index (χ4n) is 2.17. The number of hydrogen-bond acceptors (Lipinski definition) is 5. The molecule has 0 aliphatic heterocycles. The van der Waals surface area contributed by atoms with E-state index in [4.69, 9.17) is 18.9 Å². The molecule has 2 rings (SSSR count). The first kappa shape index (κ1) is 18.5. The second kappa shape index (κ2) is 10.2. The predicted octanol–water partition coefficient (Wildman–Crippen LogP) is 3.48. The molecule has 2 aromatic carbocycles. The van der Waals surface area contributed by atoms with Crippen LogP contribution in [0, 0.1) is 0 Å². The van der Waals surface area contributed by atoms with E-state index in [1.165, 1.54) is 6.08 Å². The Bertz CT molecular complexity index is 694. The van der Waals surface area contributed by atoms with Gasteiger partial charge < -0.3 is 18.9 Å². The molecule has 25 heavy (non-hydrogen) atoms. The topological polar surface area (TPSA) is 54.0 Å². The number of methoxy groups -OCH3 is 2. The highest BCUT2D eigenvalue weighted by Crippen LogP contribution is 2.25. The summed E-state index contributed by atoms with van der Waals surface area (Å²) in [6, 6.07) is 15.2. The molecule has 132 valence electrons. The number of carbonyl (C=O) groups excluding carboxylic acids is 1. The molecule has 0 amide bonds. The molecule has 0 aliphatic carbocycles. The lowest BCUT2D eigenvalue weighted by molar-refractivity contribution is -0.137. The zero-order valence-corrected chi connectivity index (χ0v) is 14.4. The van der Waals surface area contributed by atoms with Gasteiger partial charge in [0, 0.05) is 31.2 Å². The zero-order chi connectivity index (χ0) is 17.9. The van der Waals surface area contributed by atoms with Crippen molar-refractivity contribution in [3.05, 3.63) is 65.7 Å². The van der Waals surface area contributed by atoms with Crippen LogP contribution in [-0.2, 0) is 20.7 Å². The van der Waals surface area contributed by atoms with Gasteiger partial charge in [0.15, 0.2) is 6.79 Å². The van der Waals surface area contributed by atoms with Gasteiger partial charge in [0.1, 0.15) is 11.5 Å². The third-order valence-electron chi connectivity index (χ3n) is 3.43. The summed E-state index contributed by atoms with van der Waals surface area (Å²) < 4.78 is 20.7. The van der Waals surface area contributed by atoms with Crippen molar-refractivity contribution >= 4 is 12.0 Å². The van der Waals surface area contributed by atoms with E-state index >= 15 is 0 Å². The SMILES string of the molecule is COCOc1ccc(/C=C/C(=O)OCCc2ccccc2)c(OC)c1. The summed E-state index contributed by atoms with van der Waals surface area (Å²) in [5.41, 5.74) is 1.89. The van der Waals surface area contributed by atoms with E-state index in [9.17, 15) is 4.79 Å². The lowest BCUT2D eigenvalue weighted by Gasteiger charge is -2.09. The van der Waals surface area contributed by atoms with E-state index in [1.807, 2.05) is 30.3 Å². The van der Waals surface area contributed by atoms with Crippen molar-refractivity contribution < 1.29 is 23.7 Å². The van der Waals surface area contributed by atoms with Crippen LogP contribution in [0.25, 0.3) is 6.08 Å². The third kappa shape index (κ3) is 6.31. The minimum absolute atomic E-state index is 0.159. The summed E-state index contributed by atoms with van der Waals surface area (Å²) >= 11 is 0. The maximum atomic E-state index is 11.8. The number of rotatable bonds is 9. The van der Waals surface area contributed by atoms with Gasteiger partial charge in [-0.2, -0.15) is 0 Å². The van der Waals surface area contributed by atoms with Gasteiger partial charge >= 0.3 is 5.97 Å². The van der Waals surface area contributed by atoms with Gasteiger partial charge in [-0.25, -0.2) is 4.79 Å². The van der Waals surface area contributed by atoms with E-state index < -0.39 is 5.97 Å². The summed E-state index contributed by atoms with van der Waals surface area (Å²) in [6.07, 6.45) is 3.73. The maximum Gasteiger partial charge on any atom is 0.330 e. The van der Waals surface area contributed by atoms with Crippen LogP contribution in [0.4, 0.5) is 0 Å². The summed E-state index contributed by atoms with van der Waals surface area (Å²) in [5, 5.41) is 0. The second-order valence-electron chi connectivity index (χ2n) is 5.19. The van der Waals surface area contributed by atoms with E-state index in [0.29, 0.717) is 24.5 Å². The molecule has 0 saturated heterocycles. The second-order valence-corrected chi connectivity index (χ2v) is 5.19. The number of carbonyl (C=O) groups is 1. The Balaban J connectivity index is 1.88. The van der Waals surface area contributed by atoms with Gasteiger partial charge in [-0.1, -0.05) is 30.3 Å². The highest BCUT2D eigenvalue weighted by atomic mass is 16.7. The van der Waals surface area contributed by atoms with Gasteiger partial charge in [-0.15, -0.1) is 0 Å². The molecule has 0 radical (unpaired) electrons. The molecule has 0 saturated carbocycles. The molecule has 0 spiro atoms. The minimum Gasteiger partial charge on any atom is -0.496 e. The van der Waals surface area contributed by atoms with Crippen molar-refractivity contribution in [2.75, 3.05) is 27.6 Å². The molecule has 5 heteroatoms. The first-order valence-corrected chi connectivity index (χ1v) is 7.91. The number of hydrogen-bond donors (Lipinski definition) is 0. The van der Waals surface area contributed by atoms with Crippen molar-refractivity contribution in [1.29, 1.82) is 0 Å². The maximum absolute atomic E-state index is 11.8. The molecule has 2 aromatic rings. The van der Waals surface area contributed by atoms with E-state index in [2.05, 4.69) is 0 Å². The van der Waals surface area contributed by atoms with Crippen LogP contribution in [0.3, 0.4) is 0 Å². The molecule has 0 heterocycles. The van der Waals surface area contributed by atoms with Crippen LogP contribution in [0.1, 0.15) is 11.1 Å². The highest BCUT2D eigenvalue weighted by Gasteiger charge is 2.04. The Morgan fingerprint density at radius 3 is 2.60 bits per heavy atom. The summed E-state index contributed by atoms with van der Waals surface area (Å²) in [7, 11) is 3.11. The quantitative estimate of drug-likeness (QED) is 0.397. The molecular formula is C20H22O5. The van der Waals surface area contributed by atoms with Gasteiger partial charge in [0.2, 0.25) is 0 Å². The van der Waals surface area contributed by atoms with Crippen LogP contribution in [-0.4, -0.2) is 33.6 Å². The molecule has 0 fully saturated rings. The molecule has 0 bridgehead atoms. The third-order valence-corrected chi connectivity index (χ3v) is 3.43. The fourth-order valence-corrected chi connectivity index (χ4v) is 2.17. The highest BCUT2D eigenvalue weighted by molar-refractivity contribution is 5.87. The molecule has 0 aliphatic rings. The van der Waals surface area contributed by atoms with Crippen molar-refractivity contribution in [3.8, 4) is 11.5 Å². The summed E-state index contributed by atoms with van der Waals surface area (Å²) in [4.78, 5) is 11.8. The normalized spacial score (nSPS) is 10.6. The van der Waals surface area contributed by atoms with E-state index in [-0.39, 0.29) is 6.79 Å². The average Bonchev–Trinajstić information content (AvgIpc) is 2.65. The molecule has 0 atom stereocenters. The van der Waals surface area contributed by atoms with Gasteiger partial charge in [0.05, 0.1) is 13.7 Å². The van der Waals surface area contributed by atoms with E-state index in [1.54, 1.807) is 38.5 Å². The standard InChI is InChI=1S/C20H22O5/c1-22-15-25-18-10-8-17(19(14-18)23-2)9-11-20(21)24-13-12-16-6-4-3-5-7-16/h3-11,14H,12-13,15H2,1-2H3/b11-9+. The average molecular weight is 342 g/mol. The van der Waals surface area contributed by atoms with Crippen LogP contribution >= 0.6 is 0 Å². The Labute approximate surface area is 147 Å². The van der Waals surface area contributed by atoms with E-state index in [0.717, 1.165) is 11.1 Å². The zero-order valence-electron chi connectivity index (χ0n) is 14.4. The number of benzene rings is 2. The van der Waals surface area contributed by atoms with Crippen LogP contribution in [0.5, 0.6) is 11.5 Å². The number of ether oxygens (including phenoxy) is 4. The first-order chi connectivity index (χ1) is 12.2. The lowest BCUT2D eigenvalue weighted by atomic mass is 10.1. The Morgan fingerprint density at radius 2 is 1.88 bits per heavy atom. The first-order valence-electron chi connectivity index (χ1n) is 7.91. The lowest BCUT2D eigenvalue weighted by Crippen LogP contribution is -2.04. The number of esters is 1. The van der Waals surface area contributed by atoms with Crippen LogP contribution in [0.15, 0.2) is 54.6 Å². The molecule has 0 unspecified atom stereocenters. The van der Waals surface area contributed by atoms with Crippen molar-refractivity contribution in [2.24, 2.45) is 0 Å². The molecule has 0 aromatic heterocycles. The van der Waals surface area contributed by atoms with Crippen molar-refractivity contribution in [3.63, 3.8) is 0 Å². The summed E-state index contributed by atoms with van der Waals surface area (Å²) in [6.45, 7) is 0.500. The monoisotopic (exact) mass is 342 g/mol. The van der Waals surface area contributed by atoms with Crippen LogP contribution < -0.4 is 9.47 Å². The fraction of sp³-hybridized carbons (Fsp3) is 0.250. The molecule has 5 nitrogen and oxygen atoms in total. The minimum atomic E-state index is -0.391. The Hall–Kier alpha value is -2.79. The Morgan fingerprint density at radius 1 is 1.08 bits per heavy atom. The molecular weight excluding hydrogens is 320 g/mol. The van der Waals surface area contributed by atoms with Gasteiger partial charge in [0.25, 0.3) is 0 Å². The van der Waals surface area contributed by atoms with Gasteiger partial charge in [-0.3, -0.25) is 0 Å². The predicted molar refractivity (Wildman–Crippen MR) is 95.6 cm³/mol. The smallest absolute Gasteiger partial charge is 0.330 e. The molecule has 0 N–H and O–H groups in total. The summed E-state index contributed by atoms with van der Waals surface area (Å²) in [5.74, 6) is 0.834. The van der Waals surface area contributed by atoms with Crippen molar-refractivity contribution in [1.82, 2.24) is 0 Å². The Kier molecular flexibility index (Phi) is 7.53.